The van der Waals surface area contributed by atoms with E-state index in [4.69, 9.17) is 5.73 Å². The zero-order chi connectivity index (χ0) is 12.4. The minimum absolute atomic E-state index is 0.662. The summed E-state index contributed by atoms with van der Waals surface area (Å²) in [6.45, 7) is 4.38. The molecule has 2 N–H and O–H groups in total. The molecule has 2 aliphatic rings. The maximum Gasteiger partial charge on any atom is 0.0237 e. The Morgan fingerprint density at radius 1 is 1.00 bits per heavy atom. The van der Waals surface area contributed by atoms with Crippen LogP contribution in [0.15, 0.2) is 24.3 Å². The molecule has 1 aromatic rings. The molecule has 1 aliphatic heterocycles. The van der Waals surface area contributed by atoms with Crippen molar-refractivity contribution >= 4 is 0 Å². The average molecular weight is 244 g/mol. The molecule has 1 saturated heterocycles. The van der Waals surface area contributed by atoms with Crippen LogP contribution in [0.3, 0.4) is 0 Å². The highest BCUT2D eigenvalue weighted by Crippen LogP contribution is 2.44. The molecule has 2 nitrogen and oxygen atoms in total. The van der Waals surface area contributed by atoms with E-state index in [1.165, 1.54) is 56.3 Å². The van der Waals surface area contributed by atoms with Crippen LogP contribution in [0.4, 0.5) is 0 Å². The standard InChI is InChI=1S/C16H24N2/c17-10-14-6-2-3-7-15(14)11-18-12-16(13-18)8-4-1-5-9-16/h2-3,6-7H,1,4-5,8-13,17H2. The molecule has 2 fully saturated rings. The lowest BCUT2D eigenvalue weighted by molar-refractivity contribution is -0.0333. The minimum atomic E-state index is 0.662. The second-order valence-corrected chi connectivity index (χ2v) is 6.18. The first-order valence-corrected chi connectivity index (χ1v) is 7.31. The summed E-state index contributed by atoms with van der Waals surface area (Å²) in [4.78, 5) is 2.60. The monoisotopic (exact) mass is 244 g/mol. The Morgan fingerprint density at radius 2 is 1.67 bits per heavy atom. The van der Waals surface area contributed by atoms with Gasteiger partial charge in [0.25, 0.3) is 0 Å². The molecule has 0 amide bonds. The normalized spacial score (nSPS) is 22.9. The van der Waals surface area contributed by atoms with E-state index in [1.807, 2.05) is 0 Å². The van der Waals surface area contributed by atoms with Gasteiger partial charge in [0.2, 0.25) is 0 Å². The predicted molar refractivity (Wildman–Crippen MR) is 75.1 cm³/mol. The fraction of sp³-hybridized carbons (Fsp3) is 0.625. The number of hydrogen-bond acceptors (Lipinski definition) is 2. The summed E-state index contributed by atoms with van der Waals surface area (Å²) in [5.41, 5.74) is 9.22. The van der Waals surface area contributed by atoms with Crippen molar-refractivity contribution < 1.29 is 0 Å². The Morgan fingerprint density at radius 3 is 2.33 bits per heavy atom. The fourth-order valence-corrected chi connectivity index (χ4v) is 3.78. The highest BCUT2D eigenvalue weighted by Gasteiger charge is 2.42. The summed E-state index contributed by atoms with van der Waals surface area (Å²) in [6.07, 6.45) is 7.28. The van der Waals surface area contributed by atoms with Gasteiger partial charge in [-0.25, -0.2) is 0 Å². The van der Waals surface area contributed by atoms with Gasteiger partial charge in [-0.15, -0.1) is 0 Å². The summed E-state index contributed by atoms with van der Waals surface area (Å²) in [5.74, 6) is 0. The van der Waals surface area contributed by atoms with E-state index in [2.05, 4.69) is 29.2 Å². The molecular weight excluding hydrogens is 220 g/mol. The van der Waals surface area contributed by atoms with Gasteiger partial charge < -0.3 is 5.73 Å². The Bertz CT molecular complexity index is 399. The average Bonchev–Trinajstić information content (AvgIpc) is 2.39. The van der Waals surface area contributed by atoms with Crippen molar-refractivity contribution in [3.63, 3.8) is 0 Å². The summed E-state index contributed by atoms with van der Waals surface area (Å²) < 4.78 is 0. The van der Waals surface area contributed by atoms with Crippen LogP contribution in [0.25, 0.3) is 0 Å². The third kappa shape index (κ3) is 2.32. The Labute approximate surface area is 110 Å². The summed E-state index contributed by atoms with van der Waals surface area (Å²) in [6, 6.07) is 8.61. The van der Waals surface area contributed by atoms with Crippen LogP contribution in [-0.4, -0.2) is 18.0 Å². The summed E-state index contributed by atoms with van der Waals surface area (Å²) in [5, 5.41) is 0. The molecular formula is C16H24N2. The molecule has 1 aromatic carbocycles. The molecule has 0 bridgehead atoms. The van der Waals surface area contributed by atoms with Crippen LogP contribution < -0.4 is 5.73 Å². The van der Waals surface area contributed by atoms with Crippen molar-refractivity contribution in [2.75, 3.05) is 13.1 Å². The van der Waals surface area contributed by atoms with Crippen LogP contribution >= 0.6 is 0 Å². The first-order valence-electron chi connectivity index (χ1n) is 7.31. The Hall–Kier alpha value is -0.860. The van der Waals surface area contributed by atoms with Crippen LogP contribution in [-0.2, 0) is 13.1 Å². The van der Waals surface area contributed by atoms with Crippen LogP contribution in [0, 0.1) is 5.41 Å². The van der Waals surface area contributed by atoms with Gasteiger partial charge in [-0.05, 0) is 29.4 Å². The zero-order valence-electron chi connectivity index (χ0n) is 11.2. The second kappa shape index (κ2) is 5.02. The van der Waals surface area contributed by atoms with Gasteiger partial charge >= 0.3 is 0 Å². The third-order valence-corrected chi connectivity index (χ3v) is 4.76. The molecule has 1 heterocycles. The van der Waals surface area contributed by atoms with Crippen molar-refractivity contribution in [2.24, 2.45) is 11.1 Å². The second-order valence-electron chi connectivity index (χ2n) is 6.18. The quantitative estimate of drug-likeness (QED) is 0.886. The topological polar surface area (TPSA) is 29.3 Å². The molecule has 0 radical (unpaired) electrons. The van der Waals surface area contributed by atoms with Crippen LogP contribution in [0.1, 0.15) is 43.2 Å². The Balaban J connectivity index is 1.59. The fourth-order valence-electron chi connectivity index (χ4n) is 3.78. The van der Waals surface area contributed by atoms with Gasteiger partial charge in [0, 0.05) is 26.2 Å². The lowest BCUT2D eigenvalue weighted by atomic mass is 9.68. The van der Waals surface area contributed by atoms with Crippen molar-refractivity contribution in [2.45, 2.75) is 45.2 Å². The number of hydrogen-bond donors (Lipinski definition) is 1. The van der Waals surface area contributed by atoms with E-state index in [1.54, 1.807) is 0 Å². The van der Waals surface area contributed by atoms with E-state index < -0.39 is 0 Å². The van der Waals surface area contributed by atoms with Gasteiger partial charge in [-0.1, -0.05) is 43.5 Å². The number of nitrogens with two attached hydrogens (primary N) is 1. The molecule has 18 heavy (non-hydrogen) atoms. The summed E-state index contributed by atoms with van der Waals surface area (Å²) in [7, 11) is 0. The lowest BCUT2D eigenvalue weighted by Gasteiger charge is -2.52. The van der Waals surface area contributed by atoms with E-state index in [0.29, 0.717) is 12.0 Å². The summed E-state index contributed by atoms with van der Waals surface area (Å²) >= 11 is 0. The third-order valence-electron chi connectivity index (χ3n) is 4.76. The number of likely N-dealkylation sites (tertiary alicyclic amines) is 1. The van der Waals surface area contributed by atoms with Gasteiger partial charge in [0.15, 0.2) is 0 Å². The van der Waals surface area contributed by atoms with Crippen LogP contribution in [0.5, 0.6) is 0 Å². The molecule has 0 aromatic heterocycles. The molecule has 0 unspecified atom stereocenters. The molecule has 1 spiro atoms. The number of rotatable bonds is 3. The molecule has 2 heteroatoms. The SMILES string of the molecule is NCc1ccccc1CN1CC2(CCCCC2)C1. The molecule has 0 atom stereocenters. The maximum atomic E-state index is 5.80. The van der Waals surface area contributed by atoms with Crippen molar-refractivity contribution in [1.82, 2.24) is 4.90 Å². The smallest absolute Gasteiger partial charge is 0.0237 e. The minimum Gasteiger partial charge on any atom is -0.326 e. The van der Waals surface area contributed by atoms with E-state index in [9.17, 15) is 0 Å². The number of nitrogens with zero attached hydrogens (tertiary/aromatic N) is 1. The molecule has 3 rings (SSSR count). The predicted octanol–water partition coefficient (Wildman–Crippen LogP) is 2.91. The molecule has 98 valence electrons. The van der Waals surface area contributed by atoms with Crippen LogP contribution in [0.2, 0.25) is 0 Å². The highest BCUT2D eigenvalue weighted by atomic mass is 15.2. The van der Waals surface area contributed by atoms with Gasteiger partial charge in [0.05, 0.1) is 0 Å². The lowest BCUT2D eigenvalue weighted by Crippen LogP contribution is -2.56. The largest absolute Gasteiger partial charge is 0.326 e. The Kier molecular flexibility index (Phi) is 3.40. The zero-order valence-corrected chi connectivity index (χ0v) is 11.2. The van der Waals surface area contributed by atoms with Gasteiger partial charge in [0.1, 0.15) is 0 Å². The van der Waals surface area contributed by atoms with Crippen molar-refractivity contribution in [3.05, 3.63) is 35.4 Å². The molecule has 1 aliphatic carbocycles. The van der Waals surface area contributed by atoms with Gasteiger partial charge in [-0.3, -0.25) is 4.90 Å². The highest BCUT2D eigenvalue weighted by molar-refractivity contribution is 5.27. The first-order chi connectivity index (χ1) is 8.81. The van der Waals surface area contributed by atoms with Gasteiger partial charge in [-0.2, -0.15) is 0 Å². The first kappa shape index (κ1) is 12.2. The maximum absolute atomic E-state index is 5.80. The van der Waals surface area contributed by atoms with Crippen molar-refractivity contribution in [1.29, 1.82) is 0 Å². The van der Waals surface area contributed by atoms with E-state index in [0.717, 1.165) is 6.54 Å². The van der Waals surface area contributed by atoms with Crippen molar-refractivity contribution in [3.8, 4) is 0 Å². The number of benzene rings is 1. The van der Waals surface area contributed by atoms with E-state index in [-0.39, 0.29) is 0 Å². The van der Waals surface area contributed by atoms with E-state index >= 15 is 0 Å². The molecule has 1 saturated carbocycles.